The van der Waals surface area contributed by atoms with Gasteiger partial charge in [0.25, 0.3) is 0 Å². The largest absolute Gasteiger partial charge is 0.481 e. The molecule has 1 aromatic rings. The molecule has 0 spiro atoms. The third-order valence-corrected chi connectivity index (χ3v) is 5.85. The second-order valence-corrected chi connectivity index (χ2v) is 7.14. The van der Waals surface area contributed by atoms with Gasteiger partial charge in [-0.1, -0.05) is 19.8 Å². The molecule has 1 aliphatic rings. The van der Waals surface area contributed by atoms with E-state index in [1.165, 1.54) is 12.8 Å². The summed E-state index contributed by atoms with van der Waals surface area (Å²) in [5, 5.41) is 13.9. The van der Waals surface area contributed by atoms with Crippen molar-refractivity contribution in [1.82, 2.24) is 9.78 Å². The van der Waals surface area contributed by atoms with Crippen molar-refractivity contribution in [2.45, 2.75) is 52.4 Å². The number of rotatable bonds is 5. The van der Waals surface area contributed by atoms with E-state index in [0.717, 1.165) is 41.5 Å². The van der Waals surface area contributed by atoms with Crippen LogP contribution in [0.4, 0.5) is 0 Å². The number of aliphatic carboxylic acids is 1. The van der Waals surface area contributed by atoms with Crippen LogP contribution in [0.2, 0.25) is 0 Å². The lowest BCUT2D eigenvalue weighted by molar-refractivity contribution is -0.145. The Morgan fingerprint density at radius 2 is 2.19 bits per heavy atom. The predicted molar refractivity (Wildman–Crippen MR) is 86.2 cm³/mol. The monoisotopic (exact) mass is 356 g/mol. The molecule has 0 saturated heterocycles. The number of carboxylic acids is 1. The molecule has 1 saturated carbocycles. The summed E-state index contributed by atoms with van der Waals surface area (Å²) in [6.07, 6.45) is 6.11. The summed E-state index contributed by atoms with van der Waals surface area (Å²) in [6, 6.07) is 0. The second-order valence-electron chi connectivity index (χ2n) is 6.35. The molecular formula is C16H25BrN2O2. The van der Waals surface area contributed by atoms with Gasteiger partial charge in [0.2, 0.25) is 0 Å². The van der Waals surface area contributed by atoms with Crippen LogP contribution >= 0.6 is 15.9 Å². The summed E-state index contributed by atoms with van der Waals surface area (Å²) in [5.41, 5.74) is 2.10. The average Bonchev–Trinajstić information content (AvgIpc) is 2.66. The van der Waals surface area contributed by atoms with Crippen LogP contribution in [-0.4, -0.2) is 20.9 Å². The summed E-state index contributed by atoms with van der Waals surface area (Å²) < 4.78 is 2.92. The van der Waals surface area contributed by atoms with Crippen molar-refractivity contribution in [2.24, 2.45) is 24.8 Å². The number of nitrogens with zero attached hydrogens (tertiary/aromatic N) is 2. The van der Waals surface area contributed by atoms with Gasteiger partial charge in [0.15, 0.2) is 0 Å². The highest BCUT2D eigenvalue weighted by Crippen LogP contribution is 2.39. The maximum Gasteiger partial charge on any atom is 0.306 e. The van der Waals surface area contributed by atoms with Crippen molar-refractivity contribution in [3.05, 3.63) is 15.9 Å². The second kappa shape index (κ2) is 6.95. The Morgan fingerprint density at radius 3 is 2.71 bits per heavy atom. The van der Waals surface area contributed by atoms with Crippen LogP contribution in [0, 0.1) is 24.7 Å². The van der Waals surface area contributed by atoms with Crippen LogP contribution in [0.1, 0.15) is 50.4 Å². The molecule has 0 aliphatic heterocycles. The fourth-order valence-corrected chi connectivity index (χ4v) is 4.23. The van der Waals surface area contributed by atoms with Crippen molar-refractivity contribution in [1.29, 1.82) is 0 Å². The van der Waals surface area contributed by atoms with E-state index in [9.17, 15) is 9.90 Å². The zero-order valence-corrected chi connectivity index (χ0v) is 14.7. The number of hydrogen-bond donors (Lipinski definition) is 1. The molecule has 1 aliphatic carbocycles. The SMILES string of the molecule is CCCC1CCC(C(=O)O)C(Cc2c(Br)c(C)nn2C)C1. The number of carboxylic acid groups (broad SMARTS) is 1. The molecule has 2 rings (SSSR count). The van der Waals surface area contributed by atoms with Gasteiger partial charge < -0.3 is 5.11 Å². The lowest BCUT2D eigenvalue weighted by atomic mass is 9.71. The number of aryl methyl sites for hydroxylation is 2. The summed E-state index contributed by atoms with van der Waals surface area (Å²) in [6.45, 7) is 4.18. The molecule has 5 heteroatoms. The van der Waals surface area contributed by atoms with E-state index in [1.54, 1.807) is 0 Å². The minimum absolute atomic E-state index is 0.208. The Hall–Kier alpha value is -0.840. The predicted octanol–water partition coefficient (Wildman–Crippen LogP) is 3.95. The molecule has 4 nitrogen and oxygen atoms in total. The minimum atomic E-state index is -0.634. The maximum atomic E-state index is 11.6. The zero-order valence-electron chi connectivity index (χ0n) is 13.1. The van der Waals surface area contributed by atoms with Crippen LogP contribution in [0.5, 0.6) is 0 Å². The molecule has 1 N–H and O–H groups in total. The summed E-state index contributed by atoms with van der Waals surface area (Å²) in [7, 11) is 1.94. The molecule has 1 heterocycles. The third kappa shape index (κ3) is 3.68. The molecule has 0 radical (unpaired) electrons. The highest BCUT2D eigenvalue weighted by Gasteiger charge is 2.35. The van der Waals surface area contributed by atoms with E-state index in [4.69, 9.17) is 0 Å². The van der Waals surface area contributed by atoms with Gasteiger partial charge in [-0.25, -0.2) is 0 Å². The third-order valence-electron chi connectivity index (χ3n) is 4.82. The van der Waals surface area contributed by atoms with E-state index in [-0.39, 0.29) is 11.8 Å². The first-order chi connectivity index (χ1) is 9.93. The van der Waals surface area contributed by atoms with Gasteiger partial charge in [-0.05, 0) is 60.4 Å². The van der Waals surface area contributed by atoms with Crippen LogP contribution in [0.3, 0.4) is 0 Å². The Bertz CT molecular complexity index is 513. The normalized spacial score (nSPS) is 26.0. The number of aromatic nitrogens is 2. The van der Waals surface area contributed by atoms with Gasteiger partial charge >= 0.3 is 5.97 Å². The Morgan fingerprint density at radius 1 is 1.48 bits per heavy atom. The van der Waals surface area contributed by atoms with Crippen LogP contribution in [0.15, 0.2) is 4.47 Å². The molecular weight excluding hydrogens is 332 g/mol. The highest BCUT2D eigenvalue weighted by atomic mass is 79.9. The zero-order chi connectivity index (χ0) is 15.6. The molecule has 21 heavy (non-hydrogen) atoms. The molecule has 1 fully saturated rings. The van der Waals surface area contributed by atoms with Crippen molar-refractivity contribution in [3.8, 4) is 0 Å². The van der Waals surface area contributed by atoms with Gasteiger partial charge in [0.05, 0.1) is 21.8 Å². The van der Waals surface area contributed by atoms with Gasteiger partial charge in [-0.15, -0.1) is 0 Å². The van der Waals surface area contributed by atoms with Crippen LogP contribution < -0.4 is 0 Å². The highest BCUT2D eigenvalue weighted by molar-refractivity contribution is 9.10. The van der Waals surface area contributed by atoms with E-state index in [0.29, 0.717) is 5.92 Å². The minimum Gasteiger partial charge on any atom is -0.481 e. The lowest BCUT2D eigenvalue weighted by Crippen LogP contribution is -2.32. The summed E-state index contributed by atoms with van der Waals surface area (Å²) in [5.74, 6) is 0.0628. The van der Waals surface area contributed by atoms with E-state index >= 15 is 0 Å². The standard InChI is InChI=1S/C16H25BrN2O2/c1-4-5-11-6-7-13(16(20)21)12(8-11)9-14-15(17)10(2)18-19(14)3/h11-13H,4-9H2,1-3H3,(H,20,21). The Balaban J connectivity index is 2.17. The van der Waals surface area contributed by atoms with E-state index in [1.807, 2.05) is 18.7 Å². The van der Waals surface area contributed by atoms with Gasteiger partial charge in [0.1, 0.15) is 0 Å². The van der Waals surface area contributed by atoms with Gasteiger partial charge in [-0.3, -0.25) is 9.48 Å². The number of carbonyl (C=O) groups is 1. The number of hydrogen-bond acceptors (Lipinski definition) is 2. The molecule has 3 unspecified atom stereocenters. The van der Waals surface area contributed by atoms with Gasteiger partial charge in [-0.2, -0.15) is 5.10 Å². The first kappa shape index (κ1) is 16.5. The molecule has 0 amide bonds. The molecule has 0 aromatic carbocycles. The topological polar surface area (TPSA) is 55.1 Å². The van der Waals surface area contributed by atoms with Crippen LogP contribution in [0.25, 0.3) is 0 Å². The van der Waals surface area contributed by atoms with E-state index < -0.39 is 5.97 Å². The smallest absolute Gasteiger partial charge is 0.306 e. The quantitative estimate of drug-likeness (QED) is 0.868. The summed E-state index contributed by atoms with van der Waals surface area (Å²) >= 11 is 3.60. The average molecular weight is 357 g/mol. The van der Waals surface area contributed by atoms with Crippen molar-refractivity contribution in [2.75, 3.05) is 0 Å². The van der Waals surface area contributed by atoms with E-state index in [2.05, 4.69) is 28.0 Å². The van der Waals surface area contributed by atoms with Crippen molar-refractivity contribution >= 4 is 21.9 Å². The van der Waals surface area contributed by atoms with Gasteiger partial charge in [0, 0.05) is 7.05 Å². The lowest BCUT2D eigenvalue weighted by Gasteiger charge is -2.34. The molecule has 118 valence electrons. The molecule has 3 atom stereocenters. The first-order valence-electron chi connectivity index (χ1n) is 7.84. The fourth-order valence-electron chi connectivity index (χ4n) is 3.73. The molecule has 0 bridgehead atoms. The fraction of sp³-hybridized carbons (Fsp3) is 0.750. The molecule has 1 aromatic heterocycles. The van der Waals surface area contributed by atoms with Crippen molar-refractivity contribution < 1.29 is 9.90 Å². The number of halogens is 1. The van der Waals surface area contributed by atoms with Crippen molar-refractivity contribution in [3.63, 3.8) is 0 Å². The summed E-state index contributed by atoms with van der Waals surface area (Å²) in [4.78, 5) is 11.6. The maximum absolute atomic E-state index is 11.6. The first-order valence-corrected chi connectivity index (χ1v) is 8.64. The Kier molecular flexibility index (Phi) is 5.47. The van der Waals surface area contributed by atoms with Crippen LogP contribution in [-0.2, 0) is 18.3 Å². The Labute approximate surface area is 135 Å².